The van der Waals surface area contributed by atoms with E-state index in [2.05, 4.69) is 25.0 Å². The van der Waals surface area contributed by atoms with E-state index in [1.165, 1.54) is 18.2 Å². The first kappa shape index (κ1) is 26.8. The Balaban J connectivity index is 1.74. The number of benzene rings is 2. The molecular weight excluding hydrogens is 496 g/mol. The van der Waals surface area contributed by atoms with Crippen molar-refractivity contribution in [1.29, 1.82) is 0 Å². The number of nitrogens with one attached hydrogen (secondary N) is 2. The van der Waals surface area contributed by atoms with Gasteiger partial charge in [-0.2, -0.15) is 0 Å². The molecule has 2 heterocycles. The molecular formula is C27H33F2N5O2S. The van der Waals surface area contributed by atoms with Gasteiger partial charge >= 0.3 is 0 Å². The Kier molecular flexibility index (Phi) is 8.58. The maximum atomic E-state index is 14.8. The Hall–Kier alpha value is -3.27. The number of ether oxygens (including phenoxy) is 1. The molecule has 198 valence electrons. The summed E-state index contributed by atoms with van der Waals surface area (Å²) >= 11 is 0. The Labute approximate surface area is 217 Å². The fourth-order valence-corrected chi connectivity index (χ4v) is 5.90. The topological polar surface area (TPSA) is 88.5 Å². The van der Waals surface area contributed by atoms with E-state index in [9.17, 15) is 13.0 Å². The summed E-state index contributed by atoms with van der Waals surface area (Å²) in [6.45, 7) is 5.08. The number of rotatable bonds is 4. The highest BCUT2D eigenvalue weighted by atomic mass is 32.2. The van der Waals surface area contributed by atoms with E-state index in [0.29, 0.717) is 35.8 Å². The van der Waals surface area contributed by atoms with Gasteiger partial charge in [-0.3, -0.25) is 0 Å². The molecule has 1 aliphatic heterocycles. The summed E-state index contributed by atoms with van der Waals surface area (Å²) in [6, 6.07) is 9.70. The van der Waals surface area contributed by atoms with Crippen LogP contribution in [0, 0.1) is 11.6 Å². The van der Waals surface area contributed by atoms with Crippen LogP contribution in [0.15, 0.2) is 47.0 Å². The minimum Gasteiger partial charge on any atom is -0.494 e. The number of hydrogen-bond acceptors (Lipinski definition) is 7. The summed E-state index contributed by atoms with van der Waals surface area (Å²) in [5.41, 5.74) is 2.40. The summed E-state index contributed by atoms with van der Waals surface area (Å²) in [7, 11) is -2.46. The molecule has 1 aliphatic rings. The maximum Gasteiger partial charge on any atom is 0.227 e. The Morgan fingerprint density at radius 3 is 2.81 bits per heavy atom. The van der Waals surface area contributed by atoms with Crippen molar-refractivity contribution in [2.24, 2.45) is 4.36 Å². The van der Waals surface area contributed by atoms with Gasteiger partial charge in [0.1, 0.15) is 17.3 Å². The third-order valence-corrected chi connectivity index (χ3v) is 7.71. The molecule has 2 N–H and O–H groups in total. The Morgan fingerprint density at radius 2 is 2.00 bits per heavy atom. The van der Waals surface area contributed by atoms with Gasteiger partial charge in [0, 0.05) is 45.5 Å². The predicted molar refractivity (Wildman–Crippen MR) is 145 cm³/mol. The zero-order valence-corrected chi connectivity index (χ0v) is 22.2. The monoisotopic (exact) mass is 529 g/mol. The lowest BCUT2D eigenvalue weighted by atomic mass is 10.1. The van der Waals surface area contributed by atoms with E-state index in [1.807, 2.05) is 32.0 Å². The highest BCUT2D eigenvalue weighted by Crippen LogP contribution is 2.31. The van der Waals surface area contributed by atoms with Crippen LogP contribution in [-0.4, -0.2) is 39.6 Å². The molecule has 2 unspecified atom stereocenters. The molecule has 2 atom stereocenters. The highest BCUT2D eigenvalue weighted by Gasteiger charge is 2.16. The van der Waals surface area contributed by atoms with E-state index in [0.717, 1.165) is 37.4 Å². The van der Waals surface area contributed by atoms with Gasteiger partial charge in [-0.1, -0.05) is 6.92 Å². The van der Waals surface area contributed by atoms with Crippen LogP contribution in [0.4, 0.5) is 26.1 Å². The van der Waals surface area contributed by atoms with Crippen molar-refractivity contribution in [1.82, 2.24) is 9.97 Å². The molecule has 4 bridgehead atoms. The van der Waals surface area contributed by atoms with E-state index < -0.39 is 21.4 Å². The van der Waals surface area contributed by atoms with Crippen LogP contribution in [0.2, 0.25) is 0 Å². The first-order valence-electron chi connectivity index (χ1n) is 12.5. The van der Waals surface area contributed by atoms with Gasteiger partial charge in [0.25, 0.3) is 0 Å². The minimum absolute atomic E-state index is 0.00460. The van der Waals surface area contributed by atoms with Gasteiger partial charge in [0.15, 0.2) is 5.82 Å². The average Bonchev–Trinajstić information content (AvgIpc) is 2.83. The standard InChI is InChI=1S/C27H33F2N5O2S/c1-4-18(2)34-37(3,35)17-19-12-21-15-22(13-19)36-11-7-5-6-10-30-25-14-20(28)8-9-23(25)26-24(29)16-31-27(32-21)33-26/h8-9,12-16,18,30H,4-7,10-11,17H2,1-3H3,(H,31,32,33). The number of halogens is 2. The summed E-state index contributed by atoms with van der Waals surface area (Å²) < 4.78 is 52.5. The molecule has 4 rings (SSSR count). The van der Waals surface area contributed by atoms with Crippen molar-refractivity contribution in [3.05, 3.63) is 59.8 Å². The molecule has 10 heteroatoms. The van der Waals surface area contributed by atoms with E-state index in [1.54, 1.807) is 6.26 Å². The zero-order valence-electron chi connectivity index (χ0n) is 21.4. The van der Waals surface area contributed by atoms with Crippen molar-refractivity contribution < 1.29 is 17.7 Å². The summed E-state index contributed by atoms with van der Waals surface area (Å²) in [5.74, 6) is 0.0364. The first-order valence-corrected chi connectivity index (χ1v) is 14.6. The summed E-state index contributed by atoms with van der Waals surface area (Å²) in [5, 5.41) is 6.34. The van der Waals surface area contributed by atoms with Crippen LogP contribution < -0.4 is 15.4 Å². The third kappa shape index (κ3) is 7.38. The molecule has 1 aromatic heterocycles. The highest BCUT2D eigenvalue weighted by molar-refractivity contribution is 7.92. The van der Waals surface area contributed by atoms with E-state index in [-0.39, 0.29) is 23.4 Å². The second-order valence-electron chi connectivity index (χ2n) is 9.37. The number of nitrogens with zero attached hydrogens (tertiary/aromatic N) is 3. The van der Waals surface area contributed by atoms with Crippen LogP contribution in [0.5, 0.6) is 5.75 Å². The lowest BCUT2D eigenvalue weighted by Crippen LogP contribution is -2.09. The number of fused-ring (bicyclic) bond motifs is 6. The molecule has 37 heavy (non-hydrogen) atoms. The molecule has 0 saturated heterocycles. The van der Waals surface area contributed by atoms with Gasteiger partial charge < -0.3 is 15.4 Å². The molecule has 0 saturated carbocycles. The lowest BCUT2D eigenvalue weighted by Gasteiger charge is -2.16. The predicted octanol–water partition coefficient (Wildman–Crippen LogP) is 6.54. The van der Waals surface area contributed by atoms with Crippen LogP contribution in [-0.2, 0) is 15.5 Å². The van der Waals surface area contributed by atoms with Crippen molar-refractivity contribution in [2.75, 3.05) is 30.0 Å². The average molecular weight is 530 g/mol. The molecule has 7 nitrogen and oxygen atoms in total. The number of aromatic nitrogens is 2. The van der Waals surface area contributed by atoms with Gasteiger partial charge in [0.2, 0.25) is 5.95 Å². The molecule has 0 radical (unpaired) electrons. The SMILES string of the molecule is CCC(C)N=S(C)(=O)Cc1cc2cc(c1)OCCCCCNc1cc(F)ccc1-c1nc(ncc1F)N2. The zero-order chi connectivity index (χ0) is 26.4. The smallest absolute Gasteiger partial charge is 0.227 e. The van der Waals surface area contributed by atoms with Crippen molar-refractivity contribution in [3.63, 3.8) is 0 Å². The van der Waals surface area contributed by atoms with Crippen molar-refractivity contribution >= 4 is 27.1 Å². The normalized spacial score (nSPS) is 16.2. The lowest BCUT2D eigenvalue weighted by molar-refractivity contribution is 0.306. The minimum atomic E-state index is -2.46. The Bertz CT molecular complexity index is 1370. The van der Waals surface area contributed by atoms with Gasteiger partial charge in [-0.15, -0.1) is 0 Å². The van der Waals surface area contributed by atoms with Crippen molar-refractivity contribution in [2.45, 2.75) is 51.3 Å². The van der Waals surface area contributed by atoms with Crippen molar-refractivity contribution in [3.8, 4) is 17.0 Å². The molecule has 0 fully saturated rings. The fourth-order valence-electron chi connectivity index (χ4n) is 4.13. The maximum absolute atomic E-state index is 14.8. The van der Waals surface area contributed by atoms with Crippen LogP contribution in [0.3, 0.4) is 0 Å². The molecule has 0 amide bonds. The Morgan fingerprint density at radius 1 is 1.16 bits per heavy atom. The fraction of sp³-hybridized carbons (Fsp3) is 0.407. The summed E-state index contributed by atoms with van der Waals surface area (Å²) in [4.78, 5) is 8.51. The van der Waals surface area contributed by atoms with Crippen LogP contribution in [0.25, 0.3) is 11.3 Å². The molecule has 0 aliphatic carbocycles. The van der Waals surface area contributed by atoms with Gasteiger partial charge in [-0.25, -0.2) is 27.3 Å². The first-order chi connectivity index (χ1) is 17.7. The van der Waals surface area contributed by atoms with Gasteiger partial charge in [-0.05, 0) is 68.5 Å². The van der Waals surface area contributed by atoms with Gasteiger partial charge in [0.05, 0.1) is 24.6 Å². The van der Waals surface area contributed by atoms with E-state index in [4.69, 9.17) is 4.74 Å². The second kappa shape index (κ2) is 11.9. The second-order valence-corrected chi connectivity index (χ2v) is 11.8. The number of hydrogen-bond donors (Lipinski definition) is 2. The third-order valence-electron chi connectivity index (χ3n) is 6.04. The van der Waals surface area contributed by atoms with E-state index >= 15 is 0 Å². The molecule has 3 aromatic rings. The largest absolute Gasteiger partial charge is 0.494 e. The molecule has 2 aromatic carbocycles. The molecule has 0 spiro atoms. The quantitative estimate of drug-likeness (QED) is 0.399. The number of anilines is 3. The van der Waals surface area contributed by atoms with Crippen LogP contribution >= 0.6 is 0 Å². The summed E-state index contributed by atoms with van der Waals surface area (Å²) in [6.07, 6.45) is 6.13. The van der Waals surface area contributed by atoms with Crippen LogP contribution in [0.1, 0.15) is 45.1 Å².